The maximum Gasteiger partial charge on any atom is 0.255 e. The van der Waals surface area contributed by atoms with Crippen LogP contribution in [0, 0.1) is 0 Å². The van der Waals surface area contributed by atoms with E-state index in [1.165, 1.54) is 11.3 Å². The van der Waals surface area contributed by atoms with Crippen molar-refractivity contribution in [1.82, 2.24) is 15.5 Å². The van der Waals surface area contributed by atoms with Gasteiger partial charge in [-0.1, -0.05) is 30.3 Å². The van der Waals surface area contributed by atoms with Crippen LogP contribution < -0.4 is 15.5 Å². The number of piperidine rings is 1. The molecule has 8 nitrogen and oxygen atoms in total. The molecule has 8 heteroatoms. The molecule has 3 unspecified atom stereocenters. The SMILES string of the molecule is O=C1CCC(N2Cc3c(CN4CC(CC5COCCN5)c5ccccc54)cccc3C2=O)C(=O)N1. The summed E-state index contributed by atoms with van der Waals surface area (Å²) in [5, 5.41) is 5.96. The highest BCUT2D eigenvalue weighted by Crippen LogP contribution is 2.40. The number of ether oxygens (including phenoxy) is 1. The minimum atomic E-state index is -0.595. The fourth-order valence-electron chi connectivity index (χ4n) is 6.05. The van der Waals surface area contributed by atoms with Crippen LogP contribution in [-0.4, -0.2) is 61.0 Å². The first-order valence-electron chi connectivity index (χ1n) is 12.5. The van der Waals surface area contributed by atoms with Gasteiger partial charge in [0.05, 0.1) is 13.2 Å². The van der Waals surface area contributed by atoms with Crippen molar-refractivity contribution in [2.24, 2.45) is 0 Å². The number of nitrogens with zero attached hydrogens (tertiary/aromatic N) is 2. The molecule has 2 fully saturated rings. The summed E-state index contributed by atoms with van der Waals surface area (Å²) in [7, 11) is 0. The molecule has 2 aromatic carbocycles. The van der Waals surface area contributed by atoms with E-state index in [4.69, 9.17) is 4.74 Å². The lowest BCUT2D eigenvalue weighted by Crippen LogP contribution is -2.52. The number of hydrogen-bond donors (Lipinski definition) is 2. The fourth-order valence-corrected chi connectivity index (χ4v) is 6.05. The molecule has 4 aliphatic heterocycles. The molecular formula is C27H30N4O4. The third-order valence-corrected chi connectivity index (χ3v) is 7.77. The predicted molar refractivity (Wildman–Crippen MR) is 130 cm³/mol. The average molecular weight is 475 g/mol. The van der Waals surface area contributed by atoms with Gasteiger partial charge >= 0.3 is 0 Å². The molecule has 35 heavy (non-hydrogen) atoms. The number of carbonyl (C=O) groups is 3. The van der Waals surface area contributed by atoms with Gasteiger partial charge in [-0.3, -0.25) is 19.7 Å². The van der Waals surface area contributed by atoms with Crippen LogP contribution in [0.5, 0.6) is 0 Å². The monoisotopic (exact) mass is 474 g/mol. The van der Waals surface area contributed by atoms with Gasteiger partial charge < -0.3 is 19.9 Å². The number of rotatable bonds is 5. The van der Waals surface area contributed by atoms with Crippen molar-refractivity contribution in [2.75, 3.05) is 31.2 Å². The Bertz CT molecular complexity index is 1180. The van der Waals surface area contributed by atoms with Gasteiger partial charge in [-0.15, -0.1) is 0 Å². The molecule has 2 N–H and O–H groups in total. The van der Waals surface area contributed by atoms with Crippen molar-refractivity contribution < 1.29 is 19.1 Å². The second-order valence-electron chi connectivity index (χ2n) is 9.94. The van der Waals surface area contributed by atoms with Gasteiger partial charge in [-0.05, 0) is 41.7 Å². The Morgan fingerprint density at radius 2 is 1.94 bits per heavy atom. The lowest BCUT2D eigenvalue weighted by Gasteiger charge is -2.29. The summed E-state index contributed by atoms with van der Waals surface area (Å²) in [6.07, 6.45) is 1.66. The summed E-state index contributed by atoms with van der Waals surface area (Å²) < 4.78 is 5.68. The Kier molecular flexibility index (Phi) is 5.78. The van der Waals surface area contributed by atoms with Gasteiger partial charge in [0.2, 0.25) is 11.8 Å². The zero-order valence-electron chi connectivity index (χ0n) is 19.7. The standard InChI is InChI=1S/C27H30N4O4/c32-25-9-8-24(26(33)29-25)31-15-22-17(4-3-6-21(22)27(31)34)13-30-14-18(12-19-16-35-11-10-28-19)20-5-1-2-7-23(20)30/h1-7,18-19,24,28H,8-16H2,(H,29,32,33). The zero-order chi connectivity index (χ0) is 23.9. The van der Waals surface area contributed by atoms with Crippen LogP contribution in [0.1, 0.15) is 52.2 Å². The van der Waals surface area contributed by atoms with Gasteiger partial charge in [0, 0.05) is 55.8 Å². The molecule has 2 saturated heterocycles. The maximum absolute atomic E-state index is 13.2. The Morgan fingerprint density at radius 3 is 2.77 bits per heavy atom. The van der Waals surface area contributed by atoms with Crippen molar-refractivity contribution >= 4 is 23.4 Å². The third kappa shape index (κ3) is 4.10. The Balaban J connectivity index is 1.22. The quantitative estimate of drug-likeness (QED) is 0.644. The van der Waals surface area contributed by atoms with Gasteiger partial charge in [0.1, 0.15) is 6.04 Å². The van der Waals surface area contributed by atoms with E-state index in [0.29, 0.717) is 37.0 Å². The molecule has 0 saturated carbocycles. The van der Waals surface area contributed by atoms with Crippen LogP contribution in [0.2, 0.25) is 0 Å². The second-order valence-corrected chi connectivity index (χ2v) is 9.94. The highest BCUT2D eigenvalue weighted by atomic mass is 16.5. The minimum Gasteiger partial charge on any atom is -0.379 e. The Labute approximate surface area is 204 Å². The molecule has 3 amide bonds. The normalized spacial score (nSPS) is 26.1. The molecule has 6 rings (SSSR count). The van der Waals surface area contributed by atoms with Gasteiger partial charge in [-0.2, -0.15) is 0 Å². The topological polar surface area (TPSA) is 91.0 Å². The molecule has 0 spiro atoms. The van der Waals surface area contributed by atoms with Crippen LogP contribution in [0.3, 0.4) is 0 Å². The van der Waals surface area contributed by atoms with Crippen LogP contribution >= 0.6 is 0 Å². The zero-order valence-corrected chi connectivity index (χ0v) is 19.7. The van der Waals surface area contributed by atoms with E-state index in [0.717, 1.165) is 43.9 Å². The summed E-state index contributed by atoms with van der Waals surface area (Å²) >= 11 is 0. The first kappa shape index (κ1) is 22.2. The summed E-state index contributed by atoms with van der Waals surface area (Å²) in [6, 6.07) is 14.2. The molecule has 0 aliphatic carbocycles. The van der Waals surface area contributed by atoms with Gasteiger partial charge in [-0.25, -0.2) is 0 Å². The van der Waals surface area contributed by atoms with Crippen molar-refractivity contribution in [3.8, 4) is 0 Å². The molecule has 4 aliphatic rings. The first-order chi connectivity index (χ1) is 17.1. The number of anilines is 1. The van der Waals surface area contributed by atoms with Crippen LogP contribution in [0.15, 0.2) is 42.5 Å². The summed E-state index contributed by atoms with van der Waals surface area (Å²) in [5.74, 6) is -0.350. The molecule has 3 atom stereocenters. The number of carbonyl (C=O) groups excluding carboxylic acids is 3. The van der Waals surface area contributed by atoms with E-state index >= 15 is 0 Å². The molecule has 0 aromatic heterocycles. The predicted octanol–water partition coefficient (Wildman–Crippen LogP) is 1.93. The van der Waals surface area contributed by atoms with E-state index < -0.39 is 6.04 Å². The molecule has 0 radical (unpaired) electrons. The van der Waals surface area contributed by atoms with Crippen LogP contribution in [-0.2, 0) is 27.4 Å². The number of imide groups is 1. The number of para-hydroxylation sites is 1. The molecule has 2 aromatic rings. The lowest BCUT2D eigenvalue weighted by molar-refractivity contribution is -0.136. The third-order valence-electron chi connectivity index (χ3n) is 7.77. The molecule has 0 bridgehead atoms. The Morgan fingerprint density at radius 1 is 1.06 bits per heavy atom. The van der Waals surface area contributed by atoms with Crippen LogP contribution in [0.25, 0.3) is 0 Å². The number of fused-ring (bicyclic) bond motifs is 2. The van der Waals surface area contributed by atoms with Crippen molar-refractivity contribution in [3.05, 3.63) is 64.7 Å². The first-order valence-corrected chi connectivity index (χ1v) is 12.5. The number of hydrogen-bond acceptors (Lipinski definition) is 6. The van der Waals surface area contributed by atoms with Gasteiger partial charge in [0.15, 0.2) is 0 Å². The van der Waals surface area contributed by atoms with E-state index in [1.807, 2.05) is 12.1 Å². The second kappa shape index (κ2) is 9.09. The fraction of sp³-hybridized carbons (Fsp3) is 0.444. The largest absolute Gasteiger partial charge is 0.379 e. The number of morpholine rings is 1. The number of benzene rings is 2. The number of nitrogens with one attached hydrogen (secondary N) is 2. The number of amides is 3. The van der Waals surface area contributed by atoms with E-state index in [9.17, 15) is 14.4 Å². The Hall–Kier alpha value is -3.23. The van der Waals surface area contributed by atoms with Crippen molar-refractivity contribution in [1.29, 1.82) is 0 Å². The van der Waals surface area contributed by atoms with E-state index in [2.05, 4.69) is 45.9 Å². The summed E-state index contributed by atoms with van der Waals surface area (Å²) in [5.41, 5.74) is 5.39. The van der Waals surface area contributed by atoms with E-state index in [-0.39, 0.29) is 24.1 Å². The molecule has 182 valence electrons. The van der Waals surface area contributed by atoms with Crippen molar-refractivity contribution in [3.63, 3.8) is 0 Å². The highest BCUT2D eigenvalue weighted by Gasteiger charge is 2.40. The lowest BCUT2D eigenvalue weighted by atomic mass is 9.94. The van der Waals surface area contributed by atoms with Crippen molar-refractivity contribution in [2.45, 2.75) is 50.4 Å². The van der Waals surface area contributed by atoms with Gasteiger partial charge in [0.25, 0.3) is 5.91 Å². The maximum atomic E-state index is 13.2. The molecular weight excluding hydrogens is 444 g/mol. The van der Waals surface area contributed by atoms with Crippen LogP contribution in [0.4, 0.5) is 5.69 Å². The summed E-state index contributed by atoms with van der Waals surface area (Å²) in [4.78, 5) is 41.3. The highest BCUT2D eigenvalue weighted by molar-refractivity contribution is 6.05. The average Bonchev–Trinajstić information content (AvgIpc) is 3.38. The smallest absolute Gasteiger partial charge is 0.255 e. The minimum absolute atomic E-state index is 0.126. The van der Waals surface area contributed by atoms with E-state index in [1.54, 1.807) is 4.90 Å². The summed E-state index contributed by atoms with van der Waals surface area (Å²) in [6.45, 7) is 4.46. The molecule has 4 heterocycles.